The number of alkyl halides is 3. The Morgan fingerprint density at radius 1 is 1.20 bits per heavy atom. The quantitative estimate of drug-likeness (QED) is 0.631. The average Bonchev–Trinajstić information content (AvgIpc) is 2.96. The van der Waals surface area contributed by atoms with E-state index >= 15 is 0 Å². The first-order chi connectivity index (χ1) is 11.6. The van der Waals surface area contributed by atoms with Crippen LogP contribution in [0.1, 0.15) is 12.5 Å². The van der Waals surface area contributed by atoms with Crippen LogP contribution in [0.3, 0.4) is 0 Å². The SMILES string of the molecule is CCS(=O)(=O)c1cc(C(F)(F)F)cnc1-c1cn2cc(Br)ncc2n1. The lowest BCUT2D eigenvalue weighted by Crippen LogP contribution is -2.12. The fraction of sp³-hybridized carbons (Fsp3) is 0.214. The molecule has 11 heteroatoms. The highest BCUT2D eigenvalue weighted by molar-refractivity contribution is 9.10. The molecule has 0 bridgehead atoms. The van der Waals surface area contributed by atoms with Gasteiger partial charge in [0.2, 0.25) is 0 Å². The standard InChI is InChI=1S/C14H10BrF3N4O2S/c1-2-25(23,24)10-3-8(14(16,17)18)4-20-13(10)9-6-22-7-11(15)19-5-12(22)21-9/h3-7H,2H2,1H3. The van der Waals surface area contributed by atoms with Gasteiger partial charge in [-0.15, -0.1) is 0 Å². The number of pyridine rings is 1. The second-order valence-electron chi connectivity index (χ2n) is 5.07. The molecule has 25 heavy (non-hydrogen) atoms. The molecule has 0 fully saturated rings. The Hall–Kier alpha value is -2.01. The molecule has 132 valence electrons. The highest BCUT2D eigenvalue weighted by Crippen LogP contribution is 2.34. The van der Waals surface area contributed by atoms with Crippen LogP contribution in [0.15, 0.2) is 40.4 Å². The van der Waals surface area contributed by atoms with Crippen LogP contribution >= 0.6 is 15.9 Å². The van der Waals surface area contributed by atoms with Gasteiger partial charge in [0.15, 0.2) is 15.5 Å². The van der Waals surface area contributed by atoms with E-state index in [9.17, 15) is 21.6 Å². The molecule has 0 aromatic carbocycles. The molecule has 0 aliphatic carbocycles. The maximum atomic E-state index is 12.9. The molecular weight excluding hydrogens is 425 g/mol. The van der Waals surface area contributed by atoms with Crippen LogP contribution < -0.4 is 0 Å². The van der Waals surface area contributed by atoms with E-state index in [1.165, 1.54) is 19.3 Å². The summed E-state index contributed by atoms with van der Waals surface area (Å²) in [5.74, 6) is -0.358. The van der Waals surface area contributed by atoms with E-state index in [1.807, 2.05) is 0 Å². The first kappa shape index (κ1) is 17.8. The average molecular weight is 435 g/mol. The normalized spacial score (nSPS) is 12.7. The number of nitrogens with zero attached hydrogens (tertiary/aromatic N) is 4. The summed E-state index contributed by atoms with van der Waals surface area (Å²) in [5.41, 5.74) is -0.716. The van der Waals surface area contributed by atoms with Gasteiger partial charge < -0.3 is 4.40 Å². The van der Waals surface area contributed by atoms with Gasteiger partial charge in [-0.2, -0.15) is 13.2 Å². The predicted molar refractivity (Wildman–Crippen MR) is 86.6 cm³/mol. The molecule has 0 amide bonds. The van der Waals surface area contributed by atoms with E-state index < -0.39 is 26.5 Å². The van der Waals surface area contributed by atoms with Gasteiger partial charge in [0.05, 0.1) is 22.4 Å². The Bertz CT molecular complexity index is 1060. The van der Waals surface area contributed by atoms with Gasteiger partial charge >= 0.3 is 6.18 Å². The molecule has 3 rings (SSSR count). The molecule has 3 aromatic heterocycles. The summed E-state index contributed by atoms with van der Waals surface area (Å²) in [4.78, 5) is 11.4. The molecule has 0 radical (unpaired) electrons. The van der Waals surface area contributed by atoms with Gasteiger partial charge in [-0.25, -0.2) is 18.4 Å². The number of fused-ring (bicyclic) bond motifs is 1. The summed E-state index contributed by atoms with van der Waals surface area (Å²) in [6, 6.07) is 0.597. The van der Waals surface area contributed by atoms with Crippen LogP contribution in [0.4, 0.5) is 13.2 Å². The maximum absolute atomic E-state index is 12.9. The van der Waals surface area contributed by atoms with Gasteiger partial charge in [0, 0.05) is 18.6 Å². The molecule has 3 heterocycles. The Morgan fingerprint density at radius 3 is 2.56 bits per heavy atom. The van der Waals surface area contributed by atoms with Crippen molar-refractivity contribution in [2.45, 2.75) is 18.0 Å². The smallest absolute Gasteiger partial charge is 0.302 e. The minimum atomic E-state index is -4.70. The Labute approximate surface area is 148 Å². The largest absolute Gasteiger partial charge is 0.417 e. The zero-order valence-electron chi connectivity index (χ0n) is 12.6. The molecule has 0 saturated carbocycles. The van der Waals surface area contributed by atoms with E-state index in [-0.39, 0.29) is 17.1 Å². The molecule has 0 N–H and O–H groups in total. The highest BCUT2D eigenvalue weighted by atomic mass is 79.9. The fourth-order valence-corrected chi connectivity index (χ4v) is 3.57. The monoisotopic (exact) mass is 434 g/mol. The lowest BCUT2D eigenvalue weighted by atomic mass is 10.2. The third-order valence-electron chi connectivity index (χ3n) is 3.45. The molecular formula is C14H10BrF3N4O2S. The Balaban J connectivity index is 2.26. The van der Waals surface area contributed by atoms with Crippen molar-refractivity contribution in [2.75, 3.05) is 5.75 Å². The van der Waals surface area contributed by atoms with Gasteiger partial charge in [0.25, 0.3) is 0 Å². The van der Waals surface area contributed by atoms with Gasteiger partial charge in [-0.05, 0) is 22.0 Å². The number of rotatable bonds is 3. The number of hydrogen-bond acceptors (Lipinski definition) is 5. The van der Waals surface area contributed by atoms with Crippen LogP contribution in [-0.4, -0.2) is 33.5 Å². The zero-order chi connectivity index (χ0) is 18.4. The van der Waals surface area contributed by atoms with Crippen molar-refractivity contribution in [3.8, 4) is 11.4 Å². The molecule has 0 atom stereocenters. The highest BCUT2D eigenvalue weighted by Gasteiger charge is 2.34. The fourth-order valence-electron chi connectivity index (χ4n) is 2.17. The van der Waals surface area contributed by atoms with E-state index in [0.717, 1.165) is 0 Å². The van der Waals surface area contributed by atoms with Gasteiger partial charge in [0.1, 0.15) is 16.0 Å². The van der Waals surface area contributed by atoms with Crippen LogP contribution in [0.2, 0.25) is 0 Å². The summed E-state index contributed by atoms with van der Waals surface area (Å²) in [7, 11) is -3.94. The third-order valence-corrected chi connectivity index (χ3v) is 5.60. The van der Waals surface area contributed by atoms with Crippen molar-refractivity contribution in [3.63, 3.8) is 0 Å². The van der Waals surface area contributed by atoms with E-state index in [4.69, 9.17) is 0 Å². The maximum Gasteiger partial charge on any atom is 0.417 e. The summed E-state index contributed by atoms with van der Waals surface area (Å²) in [6.45, 7) is 1.35. The number of imidazole rings is 1. The van der Waals surface area contributed by atoms with Gasteiger partial charge in [-0.3, -0.25) is 4.98 Å². The lowest BCUT2D eigenvalue weighted by molar-refractivity contribution is -0.138. The first-order valence-corrected chi connectivity index (χ1v) is 9.37. The van der Waals surface area contributed by atoms with Crippen molar-refractivity contribution in [3.05, 3.63) is 41.0 Å². The molecule has 0 saturated heterocycles. The third kappa shape index (κ3) is 3.38. The zero-order valence-corrected chi connectivity index (χ0v) is 15.0. The number of sulfone groups is 1. The summed E-state index contributed by atoms with van der Waals surface area (Å²) in [6.07, 6.45) is 0.404. The van der Waals surface area contributed by atoms with Crippen LogP contribution in [-0.2, 0) is 16.0 Å². The van der Waals surface area contributed by atoms with Crippen molar-refractivity contribution in [1.82, 2.24) is 19.4 Å². The molecule has 3 aromatic rings. The topological polar surface area (TPSA) is 77.2 Å². The Morgan fingerprint density at radius 2 is 1.92 bits per heavy atom. The second-order valence-corrected chi connectivity index (χ2v) is 8.13. The summed E-state index contributed by atoms with van der Waals surface area (Å²) in [5, 5.41) is 0. The minimum Gasteiger partial charge on any atom is -0.302 e. The summed E-state index contributed by atoms with van der Waals surface area (Å²) < 4.78 is 65.5. The molecule has 0 aliphatic heterocycles. The lowest BCUT2D eigenvalue weighted by Gasteiger charge is -2.11. The molecule has 0 spiro atoms. The molecule has 0 unspecified atom stereocenters. The van der Waals surface area contributed by atoms with Gasteiger partial charge in [-0.1, -0.05) is 6.92 Å². The molecule has 6 nitrogen and oxygen atoms in total. The van der Waals surface area contributed by atoms with Crippen LogP contribution in [0, 0.1) is 0 Å². The van der Waals surface area contributed by atoms with Crippen LogP contribution in [0.25, 0.3) is 17.0 Å². The van der Waals surface area contributed by atoms with E-state index in [0.29, 0.717) is 22.5 Å². The van der Waals surface area contributed by atoms with Crippen molar-refractivity contribution >= 4 is 31.4 Å². The van der Waals surface area contributed by atoms with E-state index in [1.54, 1.807) is 10.6 Å². The van der Waals surface area contributed by atoms with Crippen LogP contribution in [0.5, 0.6) is 0 Å². The molecule has 0 aliphatic rings. The number of hydrogen-bond donors (Lipinski definition) is 0. The summed E-state index contributed by atoms with van der Waals surface area (Å²) >= 11 is 3.19. The second kappa shape index (κ2) is 6.06. The number of halogens is 4. The van der Waals surface area contributed by atoms with E-state index in [2.05, 4.69) is 30.9 Å². The first-order valence-electron chi connectivity index (χ1n) is 6.92. The number of aromatic nitrogens is 4. The van der Waals surface area contributed by atoms with Crippen molar-refractivity contribution in [1.29, 1.82) is 0 Å². The predicted octanol–water partition coefficient (Wildman–Crippen LogP) is 3.37. The Kier molecular flexibility index (Phi) is 4.31. The van der Waals surface area contributed by atoms with Crippen molar-refractivity contribution < 1.29 is 21.6 Å². The van der Waals surface area contributed by atoms with Crippen molar-refractivity contribution in [2.24, 2.45) is 0 Å². The minimum absolute atomic E-state index is 0.130.